The van der Waals surface area contributed by atoms with Gasteiger partial charge in [0.05, 0.1) is 18.8 Å². The maximum atomic E-state index is 5.79. The van der Waals surface area contributed by atoms with Crippen molar-refractivity contribution in [3.8, 4) is 5.75 Å². The van der Waals surface area contributed by atoms with E-state index in [1.807, 2.05) is 24.3 Å². The second-order valence-corrected chi connectivity index (χ2v) is 4.85. The zero-order valence-corrected chi connectivity index (χ0v) is 11.1. The fourth-order valence-corrected chi connectivity index (χ4v) is 2.93. The minimum atomic E-state index is -0.177. The molecule has 2 rings (SSSR count). The average Bonchev–Trinajstić information content (AvgIpc) is 2.90. The minimum absolute atomic E-state index is 0.0240. The summed E-state index contributed by atoms with van der Waals surface area (Å²) in [5.41, 5.74) is 3.89. The number of nitrogens with one attached hydrogen (secondary N) is 1. The molecule has 1 fully saturated rings. The highest BCUT2D eigenvalue weighted by Gasteiger charge is 2.41. The van der Waals surface area contributed by atoms with E-state index in [0.29, 0.717) is 0 Å². The molecule has 0 spiro atoms. The Bertz CT molecular complexity index is 372. The van der Waals surface area contributed by atoms with Gasteiger partial charge in [0.15, 0.2) is 0 Å². The van der Waals surface area contributed by atoms with Gasteiger partial charge in [-0.1, -0.05) is 25.0 Å². The van der Waals surface area contributed by atoms with Gasteiger partial charge in [-0.15, -0.1) is 0 Å². The molecule has 1 saturated carbocycles. The lowest BCUT2D eigenvalue weighted by Gasteiger charge is -2.36. The molecule has 0 radical (unpaired) electrons. The molecule has 100 valence electrons. The average molecular weight is 250 g/mol. The van der Waals surface area contributed by atoms with Gasteiger partial charge < -0.3 is 9.47 Å². The lowest BCUT2D eigenvalue weighted by atomic mass is 9.87. The quantitative estimate of drug-likeness (QED) is 0.621. The molecule has 4 heteroatoms. The van der Waals surface area contributed by atoms with Crippen molar-refractivity contribution in [1.29, 1.82) is 0 Å². The first-order valence-corrected chi connectivity index (χ1v) is 6.41. The summed E-state index contributed by atoms with van der Waals surface area (Å²) in [5, 5.41) is 0. The van der Waals surface area contributed by atoms with E-state index in [-0.39, 0.29) is 11.6 Å². The largest absolute Gasteiger partial charge is 0.497 e. The van der Waals surface area contributed by atoms with Crippen molar-refractivity contribution in [3.05, 3.63) is 29.8 Å². The summed E-state index contributed by atoms with van der Waals surface area (Å²) < 4.78 is 11.0. The van der Waals surface area contributed by atoms with Crippen LogP contribution in [0, 0.1) is 0 Å². The van der Waals surface area contributed by atoms with Crippen LogP contribution in [0.25, 0.3) is 0 Å². The predicted octanol–water partition coefficient (Wildman–Crippen LogP) is 2.16. The zero-order chi connectivity index (χ0) is 13.0. The molecule has 0 amide bonds. The second-order valence-electron chi connectivity index (χ2n) is 4.85. The van der Waals surface area contributed by atoms with Gasteiger partial charge in [-0.3, -0.25) is 11.3 Å². The summed E-state index contributed by atoms with van der Waals surface area (Å²) in [6.07, 6.45) is 4.49. The van der Waals surface area contributed by atoms with Crippen LogP contribution >= 0.6 is 0 Å². The van der Waals surface area contributed by atoms with Gasteiger partial charge in [0.25, 0.3) is 0 Å². The highest BCUT2D eigenvalue weighted by molar-refractivity contribution is 5.31. The third kappa shape index (κ3) is 2.36. The van der Waals surface area contributed by atoms with Crippen molar-refractivity contribution in [3.63, 3.8) is 0 Å². The van der Waals surface area contributed by atoms with Gasteiger partial charge in [0, 0.05) is 7.11 Å². The number of benzene rings is 1. The van der Waals surface area contributed by atoms with E-state index < -0.39 is 0 Å². The van der Waals surface area contributed by atoms with Crippen LogP contribution < -0.4 is 16.0 Å². The highest BCUT2D eigenvalue weighted by atomic mass is 16.5. The Labute approximate surface area is 108 Å². The van der Waals surface area contributed by atoms with Gasteiger partial charge in [0.1, 0.15) is 5.75 Å². The van der Waals surface area contributed by atoms with Crippen molar-refractivity contribution in [2.24, 2.45) is 5.84 Å². The van der Waals surface area contributed by atoms with Gasteiger partial charge in [0.2, 0.25) is 0 Å². The zero-order valence-electron chi connectivity index (χ0n) is 11.1. The molecule has 3 N–H and O–H groups in total. The van der Waals surface area contributed by atoms with Crippen molar-refractivity contribution in [1.82, 2.24) is 5.43 Å². The summed E-state index contributed by atoms with van der Waals surface area (Å²) in [6, 6.07) is 8.02. The first-order valence-electron chi connectivity index (χ1n) is 6.41. The SMILES string of the molecule is COc1ccc(C(NN)C2(OC)CCCC2)cc1. The smallest absolute Gasteiger partial charge is 0.118 e. The number of ether oxygens (including phenoxy) is 2. The molecule has 1 aliphatic rings. The molecule has 1 unspecified atom stereocenters. The topological polar surface area (TPSA) is 56.5 Å². The van der Waals surface area contributed by atoms with E-state index in [1.165, 1.54) is 12.8 Å². The monoisotopic (exact) mass is 250 g/mol. The van der Waals surface area contributed by atoms with E-state index >= 15 is 0 Å². The molecule has 18 heavy (non-hydrogen) atoms. The van der Waals surface area contributed by atoms with Gasteiger partial charge in [-0.05, 0) is 30.5 Å². The molecule has 0 bridgehead atoms. The third-order valence-electron chi connectivity index (χ3n) is 4.00. The molecule has 0 saturated heterocycles. The fraction of sp³-hybridized carbons (Fsp3) is 0.571. The number of methoxy groups -OCH3 is 2. The minimum Gasteiger partial charge on any atom is -0.497 e. The van der Waals surface area contributed by atoms with Crippen LogP contribution in [0.4, 0.5) is 0 Å². The van der Waals surface area contributed by atoms with Crippen LogP contribution in [0.3, 0.4) is 0 Å². The van der Waals surface area contributed by atoms with E-state index in [0.717, 1.165) is 24.2 Å². The van der Waals surface area contributed by atoms with Crippen LogP contribution in [0.5, 0.6) is 5.75 Å². The van der Waals surface area contributed by atoms with E-state index in [1.54, 1.807) is 14.2 Å². The maximum Gasteiger partial charge on any atom is 0.118 e. The van der Waals surface area contributed by atoms with Crippen LogP contribution in [0.1, 0.15) is 37.3 Å². The molecule has 1 aromatic rings. The molecule has 4 nitrogen and oxygen atoms in total. The Morgan fingerprint density at radius 3 is 2.22 bits per heavy atom. The Kier molecular flexibility index (Phi) is 4.22. The van der Waals surface area contributed by atoms with Gasteiger partial charge in [-0.2, -0.15) is 0 Å². The van der Waals surface area contributed by atoms with Crippen molar-refractivity contribution < 1.29 is 9.47 Å². The van der Waals surface area contributed by atoms with Gasteiger partial charge in [-0.25, -0.2) is 0 Å². The Morgan fingerprint density at radius 2 is 1.78 bits per heavy atom. The van der Waals surface area contributed by atoms with Crippen LogP contribution in [0.2, 0.25) is 0 Å². The Morgan fingerprint density at radius 1 is 1.17 bits per heavy atom. The van der Waals surface area contributed by atoms with Crippen molar-refractivity contribution in [2.75, 3.05) is 14.2 Å². The van der Waals surface area contributed by atoms with Crippen LogP contribution in [0.15, 0.2) is 24.3 Å². The molecule has 1 aliphatic carbocycles. The van der Waals surface area contributed by atoms with Crippen molar-refractivity contribution in [2.45, 2.75) is 37.3 Å². The number of rotatable bonds is 5. The molecule has 0 aliphatic heterocycles. The molecule has 1 aromatic carbocycles. The summed E-state index contributed by atoms with van der Waals surface area (Å²) in [6.45, 7) is 0. The second kappa shape index (κ2) is 5.69. The number of hydrazine groups is 1. The van der Waals surface area contributed by atoms with E-state index in [4.69, 9.17) is 15.3 Å². The fourth-order valence-electron chi connectivity index (χ4n) is 2.93. The summed E-state index contributed by atoms with van der Waals surface area (Å²) in [5.74, 6) is 6.61. The summed E-state index contributed by atoms with van der Waals surface area (Å²) in [4.78, 5) is 0. The van der Waals surface area contributed by atoms with Crippen LogP contribution in [-0.2, 0) is 4.74 Å². The number of hydrogen-bond donors (Lipinski definition) is 2. The first kappa shape index (κ1) is 13.3. The number of nitrogens with two attached hydrogens (primary N) is 1. The third-order valence-corrected chi connectivity index (χ3v) is 4.00. The lowest BCUT2D eigenvalue weighted by molar-refractivity contribution is -0.0368. The van der Waals surface area contributed by atoms with Crippen molar-refractivity contribution >= 4 is 0 Å². The molecule has 1 atom stereocenters. The normalized spacial score (nSPS) is 19.7. The van der Waals surface area contributed by atoms with E-state index in [2.05, 4.69) is 5.43 Å². The molecule has 0 aromatic heterocycles. The number of hydrogen-bond acceptors (Lipinski definition) is 4. The van der Waals surface area contributed by atoms with Gasteiger partial charge >= 0.3 is 0 Å². The highest BCUT2D eigenvalue weighted by Crippen LogP contribution is 2.42. The molecular weight excluding hydrogens is 228 g/mol. The molecule has 0 heterocycles. The Balaban J connectivity index is 2.26. The Hall–Kier alpha value is -1.10. The van der Waals surface area contributed by atoms with Crippen LogP contribution in [-0.4, -0.2) is 19.8 Å². The summed E-state index contributed by atoms with van der Waals surface area (Å²) in [7, 11) is 3.44. The maximum absolute atomic E-state index is 5.79. The summed E-state index contributed by atoms with van der Waals surface area (Å²) >= 11 is 0. The standard InChI is InChI=1S/C14H22N2O2/c1-17-12-7-5-11(6-8-12)13(16-15)14(18-2)9-3-4-10-14/h5-8,13,16H,3-4,9-10,15H2,1-2H3. The lowest BCUT2D eigenvalue weighted by Crippen LogP contribution is -2.46. The first-order chi connectivity index (χ1) is 8.75. The predicted molar refractivity (Wildman–Crippen MR) is 71.3 cm³/mol. The molecular formula is C14H22N2O2. The van der Waals surface area contributed by atoms with E-state index in [9.17, 15) is 0 Å².